The first-order chi connectivity index (χ1) is 11.2. The molecule has 1 aromatic carbocycles. The van der Waals surface area contributed by atoms with Crippen LogP contribution in [-0.4, -0.2) is 33.8 Å². The van der Waals surface area contributed by atoms with Crippen molar-refractivity contribution in [1.82, 2.24) is 19.9 Å². The lowest BCUT2D eigenvalue weighted by atomic mass is 10.1. The Labute approximate surface area is 133 Å². The number of ether oxygens (including phenoxy) is 1. The molecule has 1 fully saturated rings. The number of H-pyrrole nitrogens is 1. The van der Waals surface area contributed by atoms with E-state index < -0.39 is 0 Å². The Morgan fingerprint density at radius 3 is 2.83 bits per heavy atom. The van der Waals surface area contributed by atoms with Gasteiger partial charge in [0.05, 0.1) is 30.5 Å². The van der Waals surface area contributed by atoms with E-state index in [-0.39, 0.29) is 17.7 Å². The van der Waals surface area contributed by atoms with Gasteiger partial charge in [0, 0.05) is 18.4 Å². The molecule has 4 rings (SSSR count). The molecule has 1 aliphatic rings. The van der Waals surface area contributed by atoms with Gasteiger partial charge in [0.25, 0.3) is 5.56 Å². The maximum atomic E-state index is 11.8. The quantitative estimate of drug-likeness (QED) is 0.756. The van der Waals surface area contributed by atoms with Crippen LogP contribution in [0.4, 0.5) is 0 Å². The van der Waals surface area contributed by atoms with Crippen molar-refractivity contribution >= 4 is 11.0 Å². The number of aromatic nitrogens is 3. The minimum Gasteiger partial charge on any atom is -0.375 e. The van der Waals surface area contributed by atoms with Gasteiger partial charge in [-0.05, 0) is 30.7 Å². The van der Waals surface area contributed by atoms with E-state index in [1.165, 1.54) is 11.9 Å². The van der Waals surface area contributed by atoms with E-state index in [2.05, 4.69) is 34.3 Å². The topological polar surface area (TPSA) is 71.9 Å². The van der Waals surface area contributed by atoms with Crippen LogP contribution in [0.5, 0.6) is 0 Å². The predicted octanol–water partition coefficient (Wildman–Crippen LogP) is 1.76. The molecule has 6 heteroatoms. The molecule has 3 heterocycles. The fourth-order valence-corrected chi connectivity index (χ4v) is 2.94. The number of morpholine rings is 1. The van der Waals surface area contributed by atoms with Crippen molar-refractivity contribution in [2.75, 3.05) is 13.2 Å². The van der Waals surface area contributed by atoms with Crippen LogP contribution >= 0.6 is 0 Å². The van der Waals surface area contributed by atoms with Gasteiger partial charge in [-0.15, -0.1) is 0 Å². The van der Waals surface area contributed by atoms with Crippen LogP contribution in [0.2, 0.25) is 0 Å². The predicted molar refractivity (Wildman–Crippen MR) is 87.8 cm³/mol. The summed E-state index contributed by atoms with van der Waals surface area (Å²) in [5.74, 6) is 0. The second kappa shape index (κ2) is 5.64. The molecule has 2 N–H and O–H groups in total. The third-order valence-corrected chi connectivity index (χ3v) is 4.26. The summed E-state index contributed by atoms with van der Waals surface area (Å²) in [6.45, 7) is 3.61. The third-order valence-electron chi connectivity index (χ3n) is 4.26. The van der Waals surface area contributed by atoms with Gasteiger partial charge in [-0.1, -0.05) is 12.1 Å². The van der Waals surface area contributed by atoms with Crippen molar-refractivity contribution in [2.45, 2.75) is 19.1 Å². The lowest BCUT2D eigenvalue weighted by Crippen LogP contribution is -2.39. The highest BCUT2D eigenvalue weighted by molar-refractivity contribution is 5.76. The molecule has 0 spiro atoms. The summed E-state index contributed by atoms with van der Waals surface area (Å²) in [4.78, 5) is 18.6. The van der Waals surface area contributed by atoms with E-state index >= 15 is 0 Å². The van der Waals surface area contributed by atoms with Crippen molar-refractivity contribution in [1.29, 1.82) is 0 Å². The van der Waals surface area contributed by atoms with Crippen molar-refractivity contribution in [3.8, 4) is 5.69 Å². The molecule has 0 bridgehead atoms. The molecule has 2 atom stereocenters. The molecule has 118 valence electrons. The second-order valence-electron chi connectivity index (χ2n) is 5.85. The lowest BCUT2D eigenvalue weighted by Gasteiger charge is -2.28. The minimum atomic E-state index is -0.122. The maximum Gasteiger partial charge on any atom is 0.260 e. The average molecular weight is 310 g/mol. The number of aromatic amines is 1. The van der Waals surface area contributed by atoms with Crippen LogP contribution in [-0.2, 0) is 4.74 Å². The van der Waals surface area contributed by atoms with Crippen LogP contribution in [0.15, 0.2) is 47.7 Å². The zero-order chi connectivity index (χ0) is 15.8. The third kappa shape index (κ3) is 2.56. The first kappa shape index (κ1) is 14.2. The second-order valence-corrected chi connectivity index (χ2v) is 5.85. The summed E-state index contributed by atoms with van der Waals surface area (Å²) in [6.07, 6.45) is 3.56. The number of hydrogen-bond donors (Lipinski definition) is 2. The van der Waals surface area contributed by atoms with Gasteiger partial charge >= 0.3 is 0 Å². The van der Waals surface area contributed by atoms with Gasteiger partial charge in [0.1, 0.15) is 0 Å². The van der Waals surface area contributed by atoms with Gasteiger partial charge < -0.3 is 19.6 Å². The van der Waals surface area contributed by atoms with E-state index in [4.69, 9.17) is 4.74 Å². The number of hydrogen-bond acceptors (Lipinski definition) is 4. The zero-order valence-corrected chi connectivity index (χ0v) is 12.8. The molecule has 0 saturated carbocycles. The molecule has 0 radical (unpaired) electrons. The molecule has 23 heavy (non-hydrogen) atoms. The van der Waals surface area contributed by atoms with Crippen molar-refractivity contribution in [3.63, 3.8) is 0 Å². The fourth-order valence-electron chi connectivity index (χ4n) is 2.94. The lowest BCUT2D eigenvalue weighted by molar-refractivity contribution is 0.0149. The van der Waals surface area contributed by atoms with Crippen molar-refractivity contribution < 1.29 is 4.74 Å². The van der Waals surface area contributed by atoms with Crippen molar-refractivity contribution in [2.24, 2.45) is 0 Å². The molecule has 1 saturated heterocycles. The highest BCUT2D eigenvalue weighted by Gasteiger charge is 2.19. The van der Waals surface area contributed by atoms with Crippen molar-refractivity contribution in [3.05, 3.63) is 58.8 Å². The summed E-state index contributed by atoms with van der Waals surface area (Å²) in [5.41, 5.74) is 2.72. The number of nitrogens with zero attached hydrogens (tertiary/aromatic N) is 2. The van der Waals surface area contributed by atoms with Crippen LogP contribution in [0, 0.1) is 0 Å². The Morgan fingerprint density at radius 2 is 2.09 bits per heavy atom. The molecule has 0 unspecified atom stereocenters. The minimum absolute atomic E-state index is 0.122. The fraction of sp³-hybridized carbons (Fsp3) is 0.294. The van der Waals surface area contributed by atoms with E-state index in [1.807, 2.05) is 22.9 Å². The van der Waals surface area contributed by atoms with E-state index in [9.17, 15) is 4.79 Å². The van der Waals surface area contributed by atoms with Gasteiger partial charge in [-0.2, -0.15) is 0 Å². The Balaban J connectivity index is 1.65. The van der Waals surface area contributed by atoms with Gasteiger partial charge in [-0.3, -0.25) is 4.79 Å². The van der Waals surface area contributed by atoms with Crippen LogP contribution in [0.25, 0.3) is 16.7 Å². The molecular weight excluding hydrogens is 292 g/mol. The number of rotatable bonds is 2. The van der Waals surface area contributed by atoms with Crippen LogP contribution in [0.3, 0.4) is 0 Å². The number of benzene rings is 1. The van der Waals surface area contributed by atoms with Gasteiger partial charge in [0.15, 0.2) is 5.65 Å². The monoisotopic (exact) mass is 310 g/mol. The number of fused-ring (bicyclic) bond motifs is 1. The first-order valence-corrected chi connectivity index (χ1v) is 7.72. The summed E-state index contributed by atoms with van der Waals surface area (Å²) < 4.78 is 7.62. The Bertz CT molecular complexity index is 873. The van der Waals surface area contributed by atoms with E-state index in [0.29, 0.717) is 17.6 Å². The molecule has 3 aromatic rings. The Kier molecular flexibility index (Phi) is 3.48. The molecule has 6 nitrogen and oxygen atoms in total. The van der Waals surface area contributed by atoms with Gasteiger partial charge in [-0.25, -0.2) is 4.98 Å². The van der Waals surface area contributed by atoms with E-state index in [0.717, 1.165) is 12.2 Å². The highest BCUT2D eigenvalue weighted by Crippen LogP contribution is 2.21. The molecule has 0 aliphatic carbocycles. The van der Waals surface area contributed by atoms with Gasteiger partial charge in [0.2, 0.25) is 0 Å². The smallest absolute Gasteiger partial charge is 0.260 e. The molecule has 2 aromatic heterocycles. The summed E-state index contributed by atoms with van der Waals surface area (Å²) in [7, 11) is 0. The normalized spacial score (nSPS) is 21.6. The summed E-state index contributed by atoms with van der Waals surface area (Å²) >= 11 is 0. The molecular formula is C17H18N4O2. The van der Waals surface area contributed by atoms with Crippen LogP contribution < -0.4 is 10.9 Å². The Morgan fingerprint density at radius 1 is 1.26 bits per heavy atom. The largest absolute Gasteiger partial charge is 0.375 e. The summed E-state index contributed by atoms with van der Waals surface area (Å²) in [5, 5.41) is 4.08. The summed E-state index contributed by atoms with van der Waals surface area (Å²) in [6, 6.07) is 10.3. The Hall–Kier alpha value is -2.44. The van der Waals surface area contributed by atoms with E-state index in [1.54, 1.807) is 6.07 Å². The highest BCUT2D eigenvalue weighted by atomic mass is 16.5. The standard InChI is InChI=1S/C17H18N4O2/c1-11-8-18-15(9-23-11)12-2-4-13(5-3-12)21-7-6-14-16(21)19-10-20-17(14)22/h2-7,10-11,15,18H,8-9H2,1H3,(H,19,20,22)/t11-,15-/m1/s1. The molecule has 1 aliphatic heterocycles. The molecule has 0 amide bonds. The first-order valence-electron chi connectivity index (χ1n) is 7.72. The zero-order valence-electron chi connectivity index (χ0n) is 12.8. The maximum absolute atomic E-state index is 11.8. The SMILES string of the molecule is C[C@@H]1CN[C@@H](c2ccc(-n3ccc4c(=O)[nH]cnc43)cc2)CO1. The number of nitrogens with one attached hydrogen (secondary N) is 2. The average Bonchev–Trinajstić information content (AvgIpc) is 3.01. The van der Waals surface area contributed by atoms with Crippen LogP contribution in [0.1, 0.15) is 18.5 Å².